The molecule has 88 valence electrons. The predicted molar refractivity (Wildman–Crippen MR) is 72.0 cm³/mol. The van der Waals surface area contributed by atoms with E-state index in [1.807, 2.05) is 3.28 Å². The van der Waals surface area contributed by atoms with Gasteiger partial charge in [-0.05, 0) is 0 Å². The van der Waals surface area contributed by atoms with E-state index in [1.165, 1.54) is 25.7 Å². The van der Waals surface area contributed by atoms with E-state index in [2.05, 4.69) is 37.3 Å². The minimum Gasteiger partial charge on any atom is -0.147 e. The Kier molecular flexibility index (Phi) is 8.73. The van der Waals surface area contributed by atoms with Crippen LogP contribution in [0.5, 0.6) is 0 Å². The molecular weight excluding hydrogens is 318 g/mol. The first-order valence-corrected chi connectivity index (χ1v) is 7.87. The Hall–Kier alpha value is 0.423. The molecule has 0 N–H and O–H groups in total. The third-order valence-corrected chi connectivity index (χ3v) is 6.36. The van der Waals surface area contributed by atoms with Crippen molar-refractivity contribution in [3.05, 3.63) is 42.5 Å². The first-order chi connectivity index (χ1) is 6.90. The summed E-state index contributed by atoms with van der Waals surface area (Å²) in [5, 5.41) is 0. The van der Waals surface area contributed by atoms with Gasteiger partial charge < -0.3 is 0 Å². The van der Waals surface area contributed by atoms with E-state index in [-0.39, 0.29) is 48.0 Å². The second kappa shape index (κ2) is 8.50. The average Bonchev–Trinajstić information content (AvgIpc) is 2.80. The largest absolute Gasteiger partial charge is 0.147 e. The Morgan fingerprint density at radius 1 is 1.19 bits per heavy atom. The maximum Gasteiger partial charge on any atom is -0.147 e. The van der Waals surface area contributed by atoms with E-state index < -0.39 is 0 Å². The SMILES string of the molecule is CCCC1=[C]([Zr][C]2=CC=CC2)CC=C1.Cl.Cl. The quantitative estimate of drug-likeness (QED) is 0.694. The second-order valence-electron chi connectivity index (χ2n) is 3.81. The zero-order valence-electron chi connectivity index (χ0n) is 9.53. The standard InChI is InChI=1S/C8H11.C5H5.2ClH.Zr/c1-2-5-8-6-3-4-7-8;1-2-4-5-3-1;;;/h3,6H,2,4-5H2,1H3;1-3H,4H2;2*1H;. The van der Waals surface area contributed by atoms with Crippen molar-refractivity contribution in [2.45, 2.75) is 32.6 Å². The van der Waals surface area contributed by atoms with E-state index in [0.717, 1.165) is 0 Å². The molecule has 0 aromatic carbocycles. The maximum atomic E-state index is 2.36. The molecule has 2 aliphatic rings. The molecule has 0 aromatic heterocycles. The minimum absolute atomic E-state index is 0. The van der Waals surface area contributed by atoms with Crippen molar-refractivity contribution in [2.75, 3.05) is 0 Å². The molecule has 0 spiro atoms. The molecule has 0 nitrogen and oxygen atoms in total. The summed E-state index contributed by atoms with van der Waals surface area (Å²) in [5.74, 6) is 0. The molecule has 0 atom stereocenters. The topological polar surface area (TPSA) is 0 Å². The zero-order valence-corrected chi connectivity index (χ0v) is 13.6. The summed E-state index contributed by atoms with van der Waals surface area (Å²) >= 11 is -0.377. The number of halogens is 2. The van der Waals surface area contributed by atoms with Gasteiger partial charge in [-0.25, -0.2) is 0 Å². The fourth-order valence-electron chi connectivity index (χ4n) is 1.92. The molecule has 2 aliphatic carbocycles. The van der Waals surface area contributed by atoms with E-state index >= 15 is 0 Å². The van der Waals surface area contributed by atoms with Crippen LogP contribution in [-0.4, -0.2) is 0 Å². The monoisotopic (exact) mass is 334 g/mol. The van der Waals surface area contributed by atoms with Gasteiger partial charge in [0.2, 0.25) is 0 Å². The van der Waals surface area contributed by atoms with E-state index in [0.29, 0.717) is 0 Å². The van der Waals surface area contributed by atoms with Crippen molar-refractivity contribution >= 4 is 24.8 Å². The molecule has 0 aliphatic heterocycles. The van der Waals surface area contributed by atoms with Crippen molar-refractivity contribution in [1.82, 2.24) is 0 Å². The van der Waals surface area contributed by atoms with Gasteiger partial charge in [0.1, 0.15) is 0 Å². The summed E-state index contributed by atoms with van der Waals surface area (Å²) in [6.45, 7) is 2.28. The summed E-state index contributed by atoms with van der Waals surface area (Å²) in [6.07, 6.45) is 16.7. The molecule has 3 heteroatoms. The molecule has 0 aromatic rings. The van der Waals surface area contributed by atoms with Crippen molar-refractivity contribution in [3.8, 4) is 0 Å². The molecule has 0 radical (unpaired) electrons. The van der Waals surface area contributed by atoms with Crippen LogP contribution in [0.4, 0.5) is 0 Å². The first kappa shape index (κ1) is 16.4. The van der Waals surface area contributed by atoms with Gasteiger partial charge in [0.05, 0.1) is 0 Å². The average molecular weight is 336 g/mol. The third-order valence-electron chi connectivity index (χ3n) is 2.63. The van der Waals surface area contributed by atoms with Gasteiger partial charge in [-0.1, -0.05) is 0 Å². The first-order valence-electron chi connectivity index (χ1n) is 5.41. The predicted octanol–water partition coefficient (Wildman–Crippen LogP) is 4.77. The van der Waals surface area contributed by atoms with Crippen LogP contribution < -0.4 is 0 Å². The smallest absolute Gasteiger partial charge is 0.147 e. The second-order valence-corrected chi connectivity index (χ2v) is 7.49. The Balaban J connectivity index is 0.00000112. The molecule has 2 rings (SSSR count). The van der Waals surface area contributed by atoms with Gasteiger partial charge in [-0.2, -0.15) is 0 Å². The zero-order chi connectivity index (χ0) is 9.80. The Labute approximate surface area is 122 Å². The molecular formula is C13H18Cl2Zr. The molecule has 0 saturated carbocycles. The summed E-state index contributed by atoms with van der Waals surface area (Å²) in [5.41, 5.74) is 1.67. The van der Waals surface area contributed by atoms with Gasteiger partial charge in [-0.15, -0.1) is 24.8 Å². The van der Waals surface area contributed by atoms with Crippen LogP contribution in [0.1, 0.15) is 32.6 Å². The molecule has 16 heavy (non-hydrogen) atoms. The summed E-state index contributed by atoms with van der Waals surface area (Å²) in [6, 6.07) is 0. The van der Waals surface area contributed by atoms with E-state index in [4.69, 9.17) is 0 Å². The molecule has 0 heterocycles. The Morgan fingerprint density at radius 2 is 2.00 bits per heavy atom. The van der Waals surface area contributed by atoms with Gasteiger partial charge in [0.25, 0.3) is 0 Å². The van der Waals surface area contributed by atoms with Gasteiger partial charge >= 0.3 is 98.4 Å². The number of hydrogen-bond donors (Lipinski definition) is 0. The van der Waals surface area contributed by atoms with Crippen LogP contribution in [0.15, 0.2) is 42.5 Å². The van der Waals surface area contributed by atoms with Crippen molar-refractivity contribution in [3.63, 3.8) is 0 Å². The summed E-state index contributed by atoms with van der Waals surface area (Å²) in [4.78, 5) is 0. The van der Waals surface area contributed by atoms with Gasteiger partial charge in [-0.3, -0.25) is 0 Å². The Morgan fingerprint density at radius 3 is 2.62 bits per heavy atom. The van der Waals surface area contributed by atoms with Crippen LogP contribution >= 0.6 is 24.8 Å². The van der Waals surface area contributed by atoms with E-state index in [9.17, 15) is 0 Å². The molecule has 0 amide bonds. The fraction of sp³-hybridized carbons (Fsp3) is 0.385. The van der Waals surface area contributed by atoms with Crippen molar-refractivity contribution in [2.24, 2.45) is 0 Å². The summed E-state index contributed by atoms with van der Waals surface area (Å²) < 4.78 is 3.58. The van der Waals surface area contributed by atoms with Crippen LogP contribution in [-0.2, 0) is 23.2 Å². The van der Waals surface area contributed by atoms with Crippen LogP contribution in [0.25, 0.3) is 0 Å². The summed E-state index contributed by atoms with van der Waals surface area (Å²) in [7, 11) is 0. The number of rotatable bonds is 4. The fourth-order valence-corrected chi connectivity index (χ4v) is 5.30. The van der Waals surface area contributed by atoms with Gasteiger partial charge in [0, 0.05) is 0 Å². The number of allylic oxidation sites excluding steroid dienone is 8. The normalized spacial score (nSPS) is 16.9. The molecule has 0 fully saturated rings. The molecule has 0 unspecified atom stereocenters. The molecule has 0 bridgehead atoms. The van der Waals surface area contributed by atoms with Crippen LogP contribution in [0, 0.1) is 0 Å². The van der Waals surface area contributed by atoms with Crippen molar-refractivity contribution in [1.29, 1.82) is 0 Å². The van der Waals surface area contributed by atoms with Crippen molar-refractivity contribution < 1.29 is 23.2 Å². The van der Waals surface area contributed by atoms with Gasteiger partial charge in [0.15, 0.2) is 0 Å². The molecule has 0 saturated heterocycles. The number of hydrogen-bond acceptors (Lipinski definition) is 0. The van der Waals surface area contributed by atoms with Crippen LogP contribution in [0.2, 0.25) is 0 Å². The minimum atomic E-state index is -0.377. The van der Waals surface area contributed by atoms with Crippen LogP contribution in [0.3, 0.4) is 0 Å². The Bertz CT molecular complexity index is 338. The van der Waals surface area contributed by atoms with E-state index in [1.54, 1.807) is 8.85 Å². The third kappa shape index (κ3) is 4.36. The maximum absolute atomic E-state index is 2.36.